The number of rotatable bonds is 9. The third-order valence-electron chi connectivity index (χ3n) is 9.14. The fraction of sp³-hybridized carbons (Fsp3) is 0.469. The van der Waals surface area contributed by atoms with Crippen molar-refractivity contribution in [3.05, 3.63) is 65.2 Å². The third-order valence-corrected chi connectivity index (χ3v) is 10.9. The number of methoxy groups -OCH3 is 1. The Morgan fingerprint density at radius 2 is 1.66 bits per heavy atom. The van der Waals surface area contributed by atoms with Gasteiger partial charge in [0, 0.05) is 23.7 Å². The number of amides is 1. The molecule has 3 N–H and O–H groups in total. The van der Waals surface area contributed by atoms with Crippen LogP contribution in [0.2, 0.25) is 5.02 Å². The van der Waals surface area contributed by atoms with Crippen molar-refractivity contribution in [1.29, 1.82) is 0 Å². The summed E-state index contributed by atoms with van der Waals surface area (Å²) in [5.74, 6) is -4.27. The summed E-state index contributed by atoms with van der Waals surface area (Å²) in [6.07, 6.45) is 6.62. The van der Waals surface area contributed by atoms with Crippen LogP contribution in [-0.2, 0) is 20.7 Å². The predicted molar refractivity (Wildman–Crippen MR) is 164 cm³/mol. The van der Waals surface area contributed by atoms with Crippen molar-refractivity contribution in [2.45, 2.75) is 92.5 Å². The maximum absolute atomic E-state index is 16.4. The first-order valence-corrected chi connectivity index (χ1v) is 16.8. The van der Waals surface area contributed by atoms with E-state index in [2.05, 4.69) is 4.72 Å². The highest BCUT2D eigenvalue weighted by Crippen LogP contribution is 2.41. The molecule has 2 bridgehead atoms. The number of benzene rings is 3. The molecule has 3 aromatic carbocycles. The van der Waals surface area contributed by atoms with Gasteiger partial charge in [0.25, 0.3) is 5.92 Å². The zero-order valence-corrected chi connectivity index (χ0v) is 25.9. The van der Waals surface area contributed by atoms with Gasteiger partial charge in [0.1, 0.15) is 11.5 Å². The Balaban J connectivity index is 1.33. The van der Waals surface area contributed by atoms with Gasteiger partial charge < -0.3 is 20.1 Å². The van der Waals surface area contributed by atoms with E-state index in [1.165, 1.54) is 30.2 Å². The Morgan fingerprint density at radius 1 is 1.00 bits per heavy atom. The number of carbonyl (C=O) groups is 1. The molecule has 3 aromatic rings. The minimum atomic E-state index is -4.59. The van der Waals surface area contributed by atoms with Crippen LogP contribution in [0, 0.1) is 0 Å². The number of hydrogen-bond donors (Lipinski definition) is 2. The molecule has 2 heterocycles. The number of nitrogens with two attached hydrogens (primary N) is 1. The number of alkyl halides is 2. The van der Waals surface area contributed by atoms with Crippen molar-refractivity contribution in [2.24, 2.45) is 5.73 Å². The standard InChI is InChI=1S/C32H36ClF2N3O5S/c1-42-29-16-21(8-13-28(29)33)32(34,35)30(31(39)38-23-9-10-24(38)18-22(36)17-23)37-44(40,41)27-12-7-19-14-26(11-6-20(19)15-27)43-25-4-2-3-5-25/h6-8,11-16,22-25,30,37H,2-5,9-10,17-18,36H2,1H3. The normalized spacial score (nSPS) is 23.2. The highest BCUT2D eigenvalue weighted by Gasteiger charge is 2.53. The number of halogens is 3. The van der Waals surface area contributed by atoms with E-state index in [1.54, 1.807) is 18.2 Å². The maximum Gasteiger partial charge on any atom is 0.298 e. The van der Waals surface area contributed by atoms with Gasteiger partial charge in [-0.3, -0.25) is 4.79 Å². The number of ether oxygens (including phenoxy) is 2. The molecule has 3 aliphatic rings. The number of piperidine rings is 1. The molecular weight excluding hydrogens is 612 g/mol. The molecule has 2 aliphatic heterocycles. The second-order valence-electron chi connectivity index (χ2n) is 12.1. The average Bonchev–Trinajstić information content (AvgIpc) is 3.60. The second-order valence-corrected chi connectivity index (χ2v) is 14.2. The van der Waals surface area contributed by atoms with Crippen LogP contribution in [0.1, 0.15) is 56.9 Å². The topological polar surface area (TPSA) is 111 Å². The summed E-state index contributed by atoms with van der Waals surface area (Å²) in [5.41, 5.74) is 5.56. The summed E-state index contributed by atoms with van der Waals surface area (Å²) in [6.45, 7) is 0. The van der Waals surface area contributed by atoms with Crippen LogP contribution in [-0.4, -0.2) is 56.6 Å². The number of sulfonamides is 1. The first kappa shape index (κ1) is 31.0. The van der Waals surface area contributed by atoms with Crippen LogP contribution in [0.3, 0.4) is 0 Å². The highest BCUT2D eigenvalue weighted by atomic mass is 35.5. The SMILES string of the molecule is COc1cc(C(F)(F)C(NS(=O)(=O)c2ccc3cc(OC4CCCC4)ccc3c2)C(=O)N2C3CCC2CC(N)C3)ccc1Cl. The van der Waals surface area contributed by atoms with Gasteiger partial charge in [0.15, 0.2) is 6.04 Å². The lowest BCUT2D eigenvalue weighted by Gasteiger charge is -2.41. The fourth-order valence-electron chi connectivity index (χ4n) is 6.91. The minimum Gasteiger partial charge on any atom is -0.495 e. The summed E-state index contributed by atoms with van der Waals surface area (Å²) in [7, 11) is -3.31. The highest BCUT2D eigenvalue weighted by molar-refractivity contribution is 7.89. The number of nitrogens with one attached hydrogen (secondary N) is 1. The first-order valence-electron chi connectivity index (χ1n) is 15.0. The fourth-order valence-corrected chi connectivity index (χ4v) is 8.32. The molecule has 8 nitrogen and oxygen atoms in total. The molecule has 1 aliphatic carbocycles. The Labute approximate surface area is 260 Å². The molecular formula is C32H36ClF2N3O5S. The third kappa shape index (κ3) is 5.99. The molecule has 3 atom stereocenters. The number of nitrogens with zero attached hydrogens (tertiary/aromatic N) is 1. The van der Waals surface area contributed by atoms with Crippen LogP contribution in [0.25, 0.3) is 10.8 Å². The molecule has 44 heavy (non-hydrogen) atoms. The van der Waals surface area contributed by atoms with Crippen LogP contribution in [0.4, 0.5) is 8.78 Å². The van der Waals surface area contributed by atoms with E-state index in [0.717, 1.165) is 43.2 Å². The van der Waals surface area contributed by atoms with Crippen molar-refractivity contribution >= 4 is 38.3 Å². The number of fused-ring (bicyclic) bond motifs is 3. The average molecular weight is 648 g/mol. The van der Waals surface area contributed by atoms with Gasteiger partial charge in [0.05, 0.1) is 23.1 Å². The molecule has 2 saturated heterocycles. The van der Waals surface area contributed by atoms with E-state index < -0.39 is 33.5 Å². The molecule has 1 amide bonds. The van der Waals surface area contributed by atoms with E-state index in [4.69, 9.17) is 26.8 Å². The molecule has 1 saturated carbocycles. The first-order chi connectivity index (χ1) is 21.0. The minimum absolute atomic E-state index is 0.0206. The largest absolute Gasteiger partial charge is 0.495 e. The van der Waals surface area contributed by atoms with Crippen molar-refractivity contribution in [3.63, 3.8) is 0 Å². The van der Waals surface area contributed by atoms with Crippen LogP contribution in [0.5, 0.6) is 11.5 Å². The molecule has 0 aromatic heterocycles. The molecule has 236 valence electrons. The van der Waals surface area contributed by atoms with Gasteiger partial charge in [-0.2, -0.15) is 13.5 Å². The van der Waals surface area contributed by atoms with Crippen molar-refractivity contribution in [1.82, 2.24) is 9.62 Å². The monoisotopic (exact) mass is 647 g/mol. The van der Waals surface area contributed by atoms with E-state index in [0.29, 0.717) is 36.8 Å². The van der Waals surface area contributed by atoms with Gasteiger partial charge in [0.2, 0.25) is 15.9 Å². The second kappa shape index (κ2) is 12.1. The quantitative estimate of drug-likeness (QED) is 0.306. The summed E-state index contributed by atoms with van der Waals surface area (Å²) < 4.78 is 73.6. The molecule has 3 unspecified atom stereocenters. The van der Waals surface area contributed by atoms with E-state index in [9.17, 15) is 13.2 Å². The predicted octanol–water partition coefficient (Wildman–Crippen LogP) is 5.74. The van der Waals surface area contributed by atoms with Gasteiger partial charge in [-0.15, -0.1) is 0 Å². The van der Waals surface area contributed by atoms with E-state index >= 15 is 8.78 Å². The molecule has 3 fully saturated rings. The zero-order chi connectivity index (χ0) is 31.2. The lowest BCUT2D eigenvalue weighted by atomic mass is 9.94. The molecule has 0 spiro atoms. The van der Waals surface area contributed by atoms with E-state index in [1.807, 2.05) is 6.07 Å². The lowest BCUT2D eigenvalue weighted by molar-refractivity contribution is -0.149. The van der Waals surface area contributed by atoms with Gasteiger partial charge in [-0.25, -0.2) is 8.42 Å². The molecule has 12 heteroatoms. The van der Waals surface area contributed by atoms with Crippen LogP contribution < -0.4 is 19.9 Å². The Bertz CT molecular complexity index is 1650. The summed E-state index contributed by atoms with van der Waals surface area (Å²) in [5, 5.41) is 1.44. The van der Waals surface area contributed by atoms with Crippen molar-refractivity contribution < 1.29 is 31.5 Å². The Kier molecular flexibility index (Phi) is 8.51. The van der Waals surface area contributed by atoms with Gasteiger partial charge >= 0.3 is 0 Å². The molecule has 6 rings (SSSR count). The number of hydrogen-bond acceptors (Lipinski definition) is 6. The zero-order valence-electron chi connectivity index (χ0n) is 24.3. The van der Waals surface area contributed by atoms with E-state index in [-0.39, 0.29) is 39.9 Å². The smallest absolute Gasteiger partial charge is 0.298 e. The molecule has 0 radical (unpaired) electrons. The number of carbonyl (C=O) groups excluding carboxylic acids is 1. The van der Waals surface area contributed by atoms with Crippen molar-refractivity contribution in [2.75, 3.05) is 7.11 Å². The summed E-state index contributed by atoms with van der Waals surface area (Å²) in [4.78, 5) is 15.2. The Hall–Kier alpha value is -2.99. The summed E-state index contributed by atoms with van der Waals surface area (Å²) in [6, 6.07) is 9.81. The van der Waals surface area contributed by atoms with Crippen molar-refractivity contribution in [3.8, 4) is 11.5 Å². The summed E-state index contributed by atoms with van der Waals surface area (Å²) >= 11 is 6.08. The Morgan fingerprint density at radius 3 is 2.34 bits per heavy atom. The van der Waals surface area contributed by atoms with Crippen LogP contribution >= 0.6 is 11.6 Å². The van der Waals surface area contributed by atoms with Gasteiger partial charge in [-0.1, -0.05) is 29.8 Å². The maximum atomic E-state index is 16.4. The lowest BCUT2D eigenvalue weighted by Crippen LogP contribution is -2.60. The van der Waals surface area contributed by atoms with Crippen LogP contribution in [0.15, 0.2) is 59.5 Å². The van der Waals surface area contributed by atoms with Gasteiger partial charge in [-0.05, 0) is 98.5 Å².